The molecule has 4 aromatic heterocycles. The molecule has 37 heavy (non-hydrogen) atoms. The minimum atomic E-state index is -0.333. The van der Waals surface area contributed by atoms with Crippen LogP contribution in [0.3, 0.4) is 0 Å². The molecule has 0 saturated heterocycles. The number of aromatic nitrogens is 5. The van der Waals surface area contributed by atoms with E-state index in [1.165, 1.54) is 0 Å². The van der Waals surface area contributed by atoms with E-state index in [4.69, 9.17) is 11.4 Å². The van der Waals surface area contributed by atoms with Crippen LogP contribution >= 0.6 is 0 Å². The van der Waals surface area contributed by atoms with Crippen molar-refractivity contribution < 1.29 is 4.79 Å². The van der Waals surface area contributed by atoms with E-state index in [9.17, 15) is 10.1 Å². The number of hydrogen-bond acceptors (Lipinski definition) is 6. The molecule has 2 atom stereocenters. The number of rotatable bonds is 5. The lowest BCUT2D eigenvalue weighted by Gasteiger charge is -2.60. The predicted octanol–water partition coefficient (Wildman–Crippen LogP) is 3.39. The number of pyridine rings is 2. The molecule has 2 unspecified atom stereocenters. The molecule has 3 aliphatic carbocycles. The highest BCUT2D eigenvalue weighted by Crippen LogP contribution is 2.53. The number of nitrogens with zero attached hydrogens (tertiary/aromatic N) is 6. The number of fused-ring (bicyclic) bond motifs is 3. The molecule has 0 aliphatic heterocycles. The molecule has 1 amide bonds. The Morgan fingerprint density at radius 1 is 1.11 bits per heavy atom. The molecule has 0 aromatic carbocycles. The highest BCUT2D eigenvalue weighted by Gasteiger charge is 2.56. The average Bonchev–Trinajstić information content (AvgIpc) is 3.54. The van der Waals surface area contributed by atoms with Crippen molar-refractivity contribution in [2.45, 2.75) is 37.8 Å². The first-order valence-corrected chi connectivity index (χ1v) is 12.3. The van der Waals surface area contributed by atoms with Gasteiger partial charge in [0.15, 0.2) is 0 Å². The van der Waals surface area contributed by atoms with Crippen LogP contribution in [-0.2, 0) is 11.8 Å². The first-order valence-electron chi connectivity index (χ1n) is 12.3. The number of carbonyl (C=O) groups is 1. The van der Waals surface area contributed by atoms with Crippen molar-refractivity contribution in [2.75, 3.05) is 5.32 Å². The van der Waals surface area contributed by atoms with E-state index in [0.29, 0.717) is 23.4 Å². The summed E-state index contributed by atoms with van der Waals surface area (Å²) in [5.41, 5.74) is 4.74. The molecule has 2 bridgehead atoms. The predicted molar refractivity (Wildman–Crippen MR) is 139 cm³/mol. The Hall–Kier alpha value is -4.63. The van der Waals surface area contributed by atoms with Gasteiger partial charge in [0.05, 0.1) is 23.5 Å². The second-order valence-electron chi connectivity index (χ2n) is 10.3. The average molecular weight is 491 g/mol. The van der Waals surface area contributed by atoms with Gasteiger partial charge in [-0.15, -0.1) is 6.42 Å². The Kier molecular flexibility index (Phi) is 5.24. The van der Waals surface area contributed by atoms with Crippen LogP contribution in [0.2, 0.25) is 0 Å². The minimum Gasteiger partial charge on any atom is -0.367 e. The highest BCUT2D eigenvalue weighted by molar-refractivity contribution is 5.93. The van der Waals surface area contributed by atoms with E-state index < -0.39 is 0 Å². The Morgan fingerprint density at radius 2 is 1.92 bits per heavy atom. The lowest BCUT2D eigenvalue weighted by molar-refractivity contribution is -0.124. The second-order valence-corrected chi connectivity index (χ2v) is 10.3. The van der Waals surface area contributed by atoms with Crippen molar-refractivity contribution in [1.82, 2.24) is 29.7 Å². The molecule has 3 fully saturated rings. The zero-order valence-corrected chi connectivity index (χ0v) is 20.6. The number of nitrogens with one attached hydrogen (secondary N) is 2. The van der Waals surface area contributed by atoms with Gasteiger partial charge in [-0.3, -0.25) is 9.48 Å². The normalized spacial score (nSPS) is 24.1. The molecule has 7 rings (SSSR count). The van der Waals surface area contributed by atoms with Crippen molar-refractivity contribution in [3.05, 3.63) is 54.7 Å². The van der Waals surface area contributed by atoms with E-state index in [0.717, 1.165) is 52.9 Å². The van der Waals surface area contributed by atoms with Gasteiger partial charge >= 0.3 is 0 Å². The summed E-state index contributed by atoms with van der Waals surface area (Å²) in [5, 5.41) is 25.0. The van der Waals surface area contributed by atoms with Gasteiger partial charge < -0.3 is 10.6 Å². The Labute approximate surface area is 214 Å². The third-order valence-electron chi connectivity index (χ3n) is 8.11. The third-order valence-corrected chi connectivity index (χ3v) is 8.11. The third kappa shape index (κ3) is 3.80. The molecule has 4 heterocycles. The van der Waals surface area contributed by atoms with Crippen LogP contribution in [0.5, 0.6) is 0 Å². The Morgan fingerprint density at radius 3 is 2.57 bits per heavy atom. The first-order chi connectivity index (χ1) is 17.9. The zero-order chi connectivity index (χ0) is 25.7. The van der Waals surface area contributed by atoms with Crippen molar-refractivity contribution >= 4 is 17.2 Å². The summed E-state index contributed by atoms with van der Waals surface area (Å²) in [6.45, 7) is 2.11. The van der Waals surface area contributed by atoms with Crippen molar-refractivity contribution in [1.29, 1.82) is 5.26 Å². The molecule has 184 valence electrons. The molecule has 0 spiro atoms. The molecule has 9 heteroatoms. The number of hydrogen-bond donors (Lipinski definition) is 2. The standard InChI is InChI=1S/C28H26N8O/c1-4-26(37)34-28(2)21-8-22(28)10-23(9-21)33-25-6-5-17(12-30-25)24-7-18(20-14-31-35(3)15-20)16-36-27(24)19(11-29)13-32-36/h1,5-7,12-16,21-23H,8-10H2,2-3H3,(H,30,33)(H,34,37). The van der Waals surface area contributed by atoms with Crippen molar-refractivity contribution in [2.24, 2.45) is 18.9 Å². The molecule has 4 aromatic rings. The van der Waals surface area contributed by atoms with Crippen LogP contribution in [0.25, 0.3) is 27.8 Å². The molecule has 2 N–H and O–H groups in total. The quantitative estimate of drug-likeness (QED) is 0.415. The smallest absolute Gasteiger partial charge is 0.296 e. The maximum absolute atomic E-state index is 11.8. The summed E-state index contributed by atoms with van der Waals surface area (Å²) in [6, 6.07) is 8.59. The molecular weight excluding hydrogens is 464 g/mol. The van der Waals surface area contributed by atoms with Crippen LogP contribution in [-0.4, -0.2) is 41.9 Å². The number of anilines is 1. The summed E-state index contributed by atoms with van der Waals surface area (Å²) in [4.78, 5) is 16.5. The maximum atomic E-state index is 11.8. The SMILES string of the molecule is C#CC(=O)NC1(C)C2CC(Nc3ccc(-c4cc(-c5cnn(C)c5)cn5ncc(C#N)c45)cn3)CC1C2. The summed E-state index contributed by atoms with van der Waals surface area (Å²) in [6.07, 6.45) is 17.4. The van der Waals surface area contributed by atoms with Gasteiger partial charge in [-0.1, -0.05) is 0 Å². The van der Waals surface area contributed by atoms with E-state index in [1.54, 1.807) is 15.4 Å². The molecule has 3 saturated carbocycles. The maximum Gasteiger partial charge on any atom is 0.296 e. The number of nitriles is 1. The first kappa shape index (κ1) is 22.8. The van der Waals surface area contributed by atoms with Gasteiger partial charge in [-0.05, 0) is 62.1 Å². The van der Waals surface area contributed by atoms with Crippen LogP contribution < -0.4 is 10.6 Å². The molecule has 3 aliphatic rings. The number of aryl methyl sites for hydroxylation is 1. The molecule has 9 nitrogen and oxygen atoms in total. The van der Waals surface area contributed by atoms with Crippen molar-refractivity contribution in [3.63, 3.8) is 0 Å². The van der Waals surface area contributed by atoms with E-state index in [-0.39, 0.29) is 11.4 Å². The summed E-state index contributed by atoms with van der Waals surface area (Å²) >= 11 is 0. The Bertz CT molecular complexity index is 1590. The van der Waals surface area contributed by atoms with Gasteiger partial charge in [0.1, 0.15) is 11.9 Å². The van der Waals surface area contributed by atoms with Gasteiger partial charge in [0.25, 0.3) is 5.91 Å². The topological polar surface area (TPSA) is 113 Å². The summed E-state index contributed by atoms with van der Waals surface area (Å²) in [5.74, 6) is 3.44. The van der Waals surface area contributed by atoms with E-state index >= 15 is 0 Å². The van der Waals surface area contributed by atoms with E-state index in [2.05, 4.69) is 45.8 Å². The fourth-order valence-electron chi connectivity index (χ4n) is 6.07. The van der Waals surface area contributed by atoms with Crippen LogP contribution in [0.1, 0.15) is 31.7 Å². The zero-order valence-electron chi connectivity index (χ0n) is 20.6. The van der Waals surface area contributed by atoms with Gasteiger partial charge in [-0.2, -0.15) is 15.5 Å². The lowest BCUT2D eigenvalue weighted by Crippen LogP contribution is -2.68. The summed E-state index contributed by atoms with van der Waals surface area (Å²) in [7, 11) is 1.88. The molecule has 0 radical (unpaired) electrons. The van der Waals surface area contributed by atoms with Crippen LogP contribution in [0.15, 0.2) is 49.2 Å². The largest absolute Gasteiger partial charge is 0.367 e. The number of terminal acetylenes is 1. The monoisotopic (exact) mass is 490 g/mol. The van der Waals surface area contributed by atoms with Gasteiger partial charge in [0, 0.05) is 59.5 Å². The summed E-state index contributed by atoms with van der Waals surface area (Å²) < 4.78 is 3.50. The fraction of sp³-hybridized carbons (Fsp3) is 0.321. The van der Waals surface area contributed by atoms with Gasteiger partial charge in [0.2, 0.25) is 0 Å². The lowest BCUT2D eigenvalue weighted by atomic mass is 9.51. The fourth-order valence-corrected chi connectivity index (χ4v) is 6.07. The van der Waals surface area contributed by atoms with E-state index in [1.807, 2.05) is 44.0 Å². The van der Waals surface area contributed by atoms with Crippen LogP contribution in [0, 0.1) is 35.5 Å². The minimum absolute atomic E-state index is 0.215. The number of carbonyl (C=O) groups excluding carboxylic acids is 1. The Balaban J connectivity index is 1.24. The molecular formula is C28H26N8O. The van der Waals surface area contributed by atoms with Gasteiger partial charge in [-0.25, -0.2) is 9.50 Å². The second kappa shape index (κ2) is 8.49. The van der Waals surface area contributed by atoms with Crippen LogP contribution in [0.4, 0.5) is 5.82 Å². The number of amides is 1. The highest BCUT2D eigenvalue weighted by atomic mass is 16.1. The van der Waals surface area contributed by atoms with Crippen molar-refractivity contribution in [3.8, 4) is 40.7 Å².